The molecule has 0 saturated heterocycles. The van der Waals surface area contributed by atoms with E-state index in [0.29, 0.717) is 0 Å². The van der Waals surface area contributed by atoms with Gasteiger partial charge >= 0.3 is 0 Å². The summed E-state index contributed by atoms with van der Waals surface area (Å²) in [5.41, 5.74) is 7.41. The van der Waals surface area contributed by atoms with E-state index in [1.807, 2.05) is 0 Å². The molecule has 0 heteroatoms. The highest BCUT2D eigenvalue weighted by Gasteiger charge is 2.17. The van der Waals surface area contributed by atoms with Crippen LogP contribution in [-0.2, 0) is 0 Å². The monoisotopic (exact) mass is 382 g/mol. The Morgan fingerprint density at radius 3 is 1.33 bits per heavy atom. The molecule has 142 valence electrons. The van der Waals surface area contributed by atoms with Crippen LogP contribution in [0.5, 0.6) is 0 Å². The Morgan fingerprint density at radius 2 is 0.767 bits per heavy atom. The molecule has 0 fully saturated rings. The van der Waals surface area contributed by atoms with Crippen LogP contribution in [0.25, 0.3) is 21.9 Å². The van der Waals surface area contributed by atoms with E-state index in [9.17, 15) is 0 Å². The van der Waals surface area contributed by atoms with Crippen LogP contribution in [0, 0.1) is 0 Å². The SMILES string of the molecule is c1ccc(C(=C(c2ccccc2)c2cccc3ccccc23)c2ccccc2)cc1. The number of hydrogen-bond donors (Lipinski definition) is 0. The maximum atomic E-state index is 2.25. The molecule has 0 aliphatic heterocycles. The molecule has 0 atom stereocenters. The first kappa shape index (κ1) is 18.1. The summed E-state index contributed by atoms with van der Waals surface area (Å²) in [6.07, 6.45) is 0. The molecule has 0 bridgehead atoms. The fraction of sp³-hybridized carbons (Fsp3) is 0. The third-order valence-corrected chi connectivity index (χ3v) is 5.50. The van der Waals surface area contributed by atoms with Gasteiger partial charge in [-0.05, 0) is 44.2 Å². The number of benzene rings is 5. The lowest BCUT2D eigenvalue weighted by Gasteiger charge is -2.19. The maximum absolute atomic E-state index is 2.25. The topological polar surface area (TPSA) is 0 Å². The first-order valence-corrected chi connectivity index (χ1v) is 10.3. The van der Waals surface area contributed by atoms with Crippen molar-refractivity contribution in [1.82, 2.24) is 0 Å². The fourth-order valence-electron chi connectivity index (χ4n) is 4.15. The quantitative estimate of drug-likeness (QED) is 0.278. The van der Waals surface area contributed by atoms with E-state index in [0.717, 1.165) is 0 Å². The highest BCUT2D eigenvalue weighted by molar-refractivity contribution is 6.09. The van der Waals surface area contributed by atoms with Gasteiger partial charge in [0.05, 0.1) is 0 Å². The fourth-order valence-corrected chi connectivity index (χ4v) is 4.15. The average Bonchev–Trinajstić information content (AvgIpc) is 2.84. The molecule has 0 aromatic heterocycles. The Balaban J connectivity index is 1.94. The van der Waals surface area contributed by atoms with Crippen molar-refractivity contribution in [1.29, 1.82) is 0 Å². The minimum absolute atomic E-state index is 1.22. The van der Waals surface area contributed by atoms with Gasteiger partial charge < -0.3 is 0 Å². The van der Waals surface area contributed by atoms with Gasteiger partial charge in [0.2, 0.25) is 0 Å². The van der Waals surface area contributed by atoms with Gasteiger partial charge in [-0.15, -0.1) is 0 Å². The second kappa shape index (κ2) is 8.23. The van der Waals surface area contributed by atoms with E-state index >= 15 is 0 Å². The largest absolute Gasteiger partial charge is 0.0622 e. The first-order chi connectivity index (χ1) is 14.9. The Hall–Kier alpha value is -3.90. The van der Waals surface area contributed by atoms with Crippen LogP contribution in [0.15, 0.2) is 133 Å². The summed E-state index contributed by atoms with van der Waals surface area (Å²) in [7, 11) is 0. The molecule has 0 saturated carbocycles. The Morgan fingerprint density at radius 1 is 0.333 bits per heavy atom. The molecule has 5 aromatic rings. The molecule has 0 spiro atoms. The van der Waals surface area contributed by atoms with Gasteiger partial charge in [0, 0.05) is 0 Å². The first-order valence-electron chi connectivity index (χ1n) is 10.3. The lowest BCUT2D eigenvalue weighted by atomic mass is 9.84. The summed E-state index contributed by atoms with van der Waals surface area (Å²) in [5, 5.41) is 2.52. The predicted molar refractivity (Wildman–Crippen MR) is 128 cm³/mol. The standard InChI is InChI=1S/C30H22/c1-4-14-24(15-5-1)29(25-16-6-2-7-17-25)30(26-18-8-3-9-19-26)28-22-12-20-23-13-10-11-21-27(23)28/h1-22H. The molecule has 0 radical (unpaired) electrons. The Labute approximate surface area is 177 Å². The minimum atomic E-state index is 1.22. The Kier molecular flexibility index (Phi) is 4.98. The third kappa shape index (κ3) is 3.44. The molecule has 0 unspecified atom stereocenters. The zero-order chi connectivity index (χ0) is 20.2. The molecular weight excluding hydrogens is 360 g/mol. The maximum Gasteiger partial charge on any atom is -0.00206 e. The van der Waals surface area contributed by atoms with E-state index in [-0.39, 0.29) is 0 Å². The smallest absolute Gasteiger partial charge is 0.00206 e. The van der Waals surface area contributed by atoms with Gasteiger partial charge in [-0.3, -0.25) is 0 Å². The van der Waals surface area contributed by atoms with Crippen molar-refractivity contribution in [2.75, 3.05) is 0 Å². The number of fused-ring (bicyclic) bond motifs is 1. The van der Waals surface area contributed by atoms with Crippen LogP contribution >= 0.6 is 0 Å². The normalized spacial score (nSPS) is 10.7. The lowest BCUT2D eigenvalue weighted by molar-refractivity contribution is 1.51. The summed E-state index contributed by atoms with van der Waals surface area (Å²) in [6, 6.07) is 47.4. The molecule has 0 nitrogen and oxygen atoms in total. The van der Waals surface area contributed by atoms with Crippen LogP contribution in [0.4, 0.5) is 0 Å². The van der Waals surface area contributed by atoms with Gasteiger partial charge in [0.15, 0.2) is 0 Å². The van der Waals surface area contributed by atoms with E-state index in [1.54, 1.807) is 0 Å². The second-order valence-corrected chi connectivity index (χ2v) is 7.37. The van der Waals surface area contributed by atoms with Crippen molar-refractivity contribution in [2.45, 2.75) is 0 Å². The number of hydrogen-bond acceptors (Lipinski definition) is 0. The van der Waals surface area contributed by atoms with E-state index in [2.05, 4.69) is 133 Å². The van der Waals surface area contributed by atoms with Gasteiger partial charge in [-0.25, -0.2) is 0 Å². The molecule has 0 amide bonds. The summed E-state index contributed by atoms with van der Waals surface area (Å²) in [4.78, 5) is 0. The molecule has 0 N–H and O–H groups in total. The van der Waals surface area contributed by atoms with E-state index in [1.165, 1.54) is 44.2 Å². The molecule has 30 heavy (non-hydrogen) atoms. The zero-order valence-corrected chi connectivity index (χ0v) is 16.7. The van der Waals surface area contributed by atoms with Crippen molar-refractivity contribution in [3.05, 3.63) is 156 Å². The van der Waals surface area contributed by atoms with E-state index < -0.39 is 0 Å². The van der Waals surface area contributed by atoms with Crippen molar-refractivity contribution >= 4 is 21.9 Å². The second-order valence-electron chi connectivity index (χ2n) is 7.37. The Bertz CT molecular complexity index is 1250. The molecule has 0 heterocycles. The summed E-state index contributed by atoms with van der Waals surface area (Å²) < 4.78 is 0. The summed E-state index contributed by atoms with van der Waals surface area (Å²) in [6.45, 7) is 0. The van der Waals surface area contributed by atoms with Crippen LogP contribution in [0.2, 0.25) is 0 Å². The van der Waals surface area contributed by atoms with Gasteiger partial charge in [0.25, 0.3) is 0 Å². The van der Waals surface area contributed by atoms with Crippen molar-refractivity contribution in [2.24, 2.45) is 0 Å². The van der Waals surface area contributed by atoms with Crippen molar-refractivity contribution in [3.63, 3.8) is 0 Å². The molecule has 5 rings (SSSR count). The molecule has 5 aromatic carbocycles. The van der Waals surface area contributed by atoms with Crippen molar-refractivity contribution in [3.8, 4) is 0 Å². The summed E-state index contributed by atoms with van der Waals surface area (Å²) in [5.74, 6) is 0. The van der Waals surface area contributed by atoms with Crippen LogP contribution < -0.4 is 0 Å². The third-order valence-electron chi connectivity index (χ3n) is 5.50. The lowest BCUT2D eigenvalue weighted by Crippen LogP contribution is -1.98. The van der Waals surface area contributed by atoms with Gasteiger partial charge in [-0.2, -0.15) is 0 Å². The molecular formula is C30H22. The van der Waals surface area contributed by atoms with Crippen LogP contribution in [-0.4, -0.2) is 0 Å². The summed E-state index contributed by atoms with van der Waals surface area (Å²) >= 11 is 0. The van der Waals surface area contributed by atoms with Crippen LogP contribution in [0.3, 0.4) is 0 Å². The molecule has 0 aliphatic rings. The molecule has 0 aliphatic carbocycles. The predicted octanol–water partition coefficient (Wildman–Crippen LogP) is 7.85. The zero-order valence-electron chi connectivity index (χ0n) is 16.7. The highest BCUT2D eigenvalue weighted by atomic mass is 14.2. The van der Waals surface area contributed by atoms with Gasteiger partial charge in [-0.1, -0.05) is 133 Å². The number of rotatable bonds is 4. The van der Waals surface area contributed by atoms with E-state index in [4.69, 9.17) is 0 Å². The highest BCUT2D eigenvalue weighted by Crippen LogP contribution is 2.39. The van der Waals surface area contributed by atoms with Gasteiger partial charge in [0.1, 0.15) is 0 Å². The average molecular weight is 383 g/mol. The van der Waals surface area contributed by atoms with Crippen LogP contribution in [0.1, 0.15) is 22.3 Å². The van der Waals surface area contributed by atoms with Crippen molar-refractivity contribution < 1.29 is 0 Å². The minimum Gasteiger partial charge on any atom is -0.0622 e.